The fourth-order valence-corrected chi connectivity index (χ4v) is 2.64. The molecule has 17 heavy (non-hydrogen) atoms. The van der Waals surface area contributed by atoms with Crippen molar-refractivity contribution in [1.82, 2.24) is 10.6 Å². The number of alkyl halides is 3. The van der Waals surface area contributed by atoms with Crippen LogP contribution in [-0.2, 0) is 4.79 Å². The molecule has 0 aromatic carbocycles. The van der Waals surface area contributed by atoms with Crippen LogP contribution in [0.5, 0.6) is 0 Å². The summed E-state index contributed by atoms with van der Waals surface area (Å²) in [5, 5.41) is 5.98. The molecule has 1 saturated heterocycles. The molecule has 98 valence electrons. The van der Waals surface area contributed by atoms with Crippen LogP contribution < -0.4 is 10.6 Å². The highest BCUT2D eigenvalue weighted by atomic mass is 19.4. The SMILES string of the molecule is O=C1CC(NC2CCC(C(F)(F)F)CC2)CN1. The Labute approximate surface area is 98.1 Å². The molecule has 6 heteroatoms. The molecule has 0 spiro atoms. The van der Waals surface area contributed by atoms with Gasteiger partial charge in [0.05, 0.1) is 5.92 Å². The third kappa shape index (κ3) is 3.34. The number of amides is 1. The van der Waals surface area contributed by atoms with Gasteiger partial charge < -0.3 is 10.6 Å². The smallest absolute Gasteiger partial charge is 0.354 e. The lowest BCUT2D eigenvalue weighted by atomic mass is 9.85. The highest BCUT2D eigenvalue weighted by Crippen LogP contribution is 2.37. The maximum absolute atomic E-state index is 12.4. The topological polar surface area (TPSA) is 41.1 Å². The Balaban J connectivity index is 1.74. The van der Waals surface area contributed by atoms with E-state index in [0.29, 0.717) is 25.8 Å². The maximum atomic E-state index is 12.4. The van der Waals surface area contributed by atoms with Gasteiger partial charge in [-0.2, -0.15) is 13.2 Å². The molecule has 0 bridgehead atoms. The number of carbonyl (C=O) groups excluding carboxylic acids is 1. The molecule has 2 N–H and O–H groups in total. The number of nitrogens with one attached hydrogen (secondary N) is 2. The van der Waals surface area contributed by atoms with Gasteiger partial charge in [-0.05, 0) is 25.7 Å². The Kier molecular flexibility index (Phi) is 3.61. The maximum Gasteiger partial charge on any atom is 0.391 e. The van der Waals surface area contributed by atoms with Crippen LogP contribution in [0.15, 0.2) is 0 Å². The Morgan fingerprint density at radius 3 is 2.24 bits per heavy atom. The lowest BCUT2D eigenvalue weighted by molar-refractivity contribution is -0.182. The summed E-state index contributed by atoms with van der Waals surface area (Å²) in [5.41, 5.74) is 0. The van der Waals surface area contributed by atoms with Gasteiger partial charge in [0.1, 0.15) is 0 Å². The van der Waals surface area contributed by atoms with E-state index in [1.165, 1.54) is 0 Å². The highest BCUT2D eigenvalue weighted by molar-refractivity contribution is 5.78. The van der Waals surface area contributed by atoms with Crippen molar-refractivity contribution >= 4 is 5.91 Å². The second-order valence-electron chi connectivity index (χ2n) is 4.96. The molecule has 1 aliphatic carbocycles. The Morgan fingerprint density at radius 2 is 1.76 bits per heavy atom. The summed E-state index contributed by atoms with van der Waals surface area (Å²) in [5.74, 6) is -1.12. The van der Waals surface area contributed by atoms with Gasteiger partial charge in [-0.15, -0.1) is 0 Å². The van der Waals surface area contributed by atoms with Crippen LogP contribution in [0.1, 0.15) is 32.1 Å². The standard InChI is InChI=1S/C11H17F3N2O/c12-11(13,14)7-1-3-8(4-2-7)16-9-5-10(17)15-6-9/h7-9,16H,1-6H2,(H,15,17). The number of hydrogen-bond acceptors (Lipinski definition) is 2. The highest BCUT2D eigenvalue weighted by Gasteiger charge is 2.41. The van der Waals surface area contributed by atoms with E-state index >= 15 is 0 Å². The molecule has 1 saturated carbocycles. The van der Waals surface area contributed by atoms with Gasteiger partial charge in [-0.1, -0.05) is 0 Å². The molecule has 1 unspecified atom stereocenters. The zero-order chi connectivity index (χ0) is 12.5. The van der Waals surface area contributed by atoms with Crippen LogP contribution in [-0.4, -0.2) is 30.7 Å². The first-order chi connectivity index (χ1) is 7.95. The summed E-state index contributed by atoms with van der Waals surface area (Å²) in [6.07, 6.45) is -2.09. The molecule has 1 amide bonds. The zero-order valence-electron chi connectivity index (χ0n) is 9.52. The summed E-state index contributed by atoms with van der Waals surface area (Å²) in [6.45, 7) is 0.595. The van der Waals surface area contributed by atoms with Gasteiger partial charge in [0, 0.05) is 25.0 Å². The van der Waals surface area contributed by atoms with Crippen LogP contribution in [0.3, 0.4) is 0 Å². The van der Waals surface area contributed by atoms with Crippen LogP contribution in [0, 0.1) is 5.92 Å². The predicted octanol–water partition coefficient (Wildman–Crippen LogP) is 1.59. The molecule has 0 radical (unpaired) electrons. The Bertz CT molecular complexity index is 285. The molecule has 2 fully saturated rings. The van der Waals surface area contributed by atoms with Crippen molar-refractivity contribution in [3.05, 3.63) is 0 Å². The summed E-state index contributed by atoms with van der Waals surface area (Å²) in [6, 6.07) is 0.223. The zero-order valence-corrected chi connectivity index (χ0v) is 9.52. The van der Waals surface area contributed by atoms with Crippen molar-refractivity contribution in [3.63, 3.8) is 0 Å². The van der Waals surface area contributed by atoms with Crippen LogP contribution in [0.25, 0.3) is 0 Å². The second kappa shape index (κ2) is 4.84. The van der Waals surface area contributed by atoms with E-state index in [-0.39, 0.29) is 30.8 Å². The lowest BCUT2D eigenvalue weighted by Crippen LogP contribution is -2.43. The van der Waals surface area contributed by atoms with Crippen molar-refractivity contribution < 1.29 is 18.0 Å². The van der Waals surface area contributed by atoms with Crippen molar-refractivity contribution in [3.8, 4) is 0 Å². The second-order valence-corrected chi connectivity index (χ2v) is 4.96. The first kappa shape index (κ1) is 12.7. The van der Waals surface area contributed by atoms with E-state index in [9.17, 15) is 18.0 Å². The van der Waals surface area contributed by atoms with Gasteiger partial charge >= 0.3 is 6.18 Å². The first-order valence-electron chi connectivity index (χ1n) is 6.04. The molecule has 1 atom stereocenters. The quantitative estimate of drug-likeness (QED) is 0.781. The normalized spacial score (nSPS) is 34.8. The van der Waals surface area contributed by atoms with Crippen LogP contribution >= 0.6 is 0 Å². The van der Waals surface area contributed by atoms with Gasteiger partial charge in [-0.3, -0.25) is 4.79 Å². The first-order valence-corrected chi connectivity index (χ1v) is 6.04. The molecular weight excluding hydrogens is 233 g/mol. The van der Waals surface area contributed by atoms with Gasteiger partial charge in [0.2, 0.25) is 5.91 Å². The minimum atomic E-state index is -4.05. The number of hydrogen-bond donors (Lipinski definition) is 2. The number of carbonyl (C=O) groups is 1. The molecule has 1 aliphatic heterocycles. The average Bonchev–Trinajstić information content (AvgIpc) is 2.63. The van der Waals surface area contributed by atoms with E-state index in [4.69, 9.17) is 0 Å². The van der Waals surface area contributed by atoms with Crippen molar-refractivity contribution in [2.24, 2.45) is 5.92 Å². The third-order valence-corrected chi connectivity index (χ3v) is 3.64. The predicted molar refractivity (Wildman–Crippen MR) is 56.4 cm³/mol. The summed E-state index contributed by atoms with van der Waals surface area (Å²) < 4.78 is 37.3. The van der Waals surface area contributed by atoms with Crippen LogP contribution in [0.4, 0.5) is 13.2 Å². The molecule has 2 aliphatic rings. The minimum absolute atomic E-state index is 0.0199. The van der Waals surface area contributed by atoms with E-state index in [0.717, 1.165) is 0 Å². The van der Waals surface area contributed by atoms with E-state index < -0.39 is 12.1 Å². The van der Waals surface area contributed by atoms with Crippen molar-refractivity contribution in [2.45, 2.75) is 50.4 Å². The van der Waals surface area contributed by atoms with E-state index in [2.05, 4.69) is 10.6 Å². The molecular formula is C11H17F3N2O. The lowest BCUT2D eigenvalue weighted by Gasteiger charge is -2.31. The molecule has 1 heterocycles. The van der Waals surface area contributed by atoms with E-state index in [1.807, 2.05) is 0 Å². The monoisotopic (exact) mass is 250 g/mol. The van der Waals surface area contributed by atoms with Gasteiger partial charge in [-0.25, -0.2) is 0 Å². The summed E-state index contributed by atoms with van der Waals surface area (Å²) in [7, 11) is 0. The average molecular weight is 250 g/mol. The third-order valence-electron chi connectivity index (χ3n) is 3.64. The van der Waals surface area contributed by atoms with E-state index in [1.54, 1.807) is 0 Å². The molecule has 0 aromatic heterocycles. The van der Waals surface area contributed by atoms with Crippen molar-refractivity contribution in [2.75, 3.05) is 6.54 Å². The van der Waals surface area contributed by atoms with Crippen molar-refractivity contribution in [1.29, 1.82) is 0 Å². The number of rotatable bonds is 2. The Hall–Kier alpha value is -0.780. The van der Waals surface area contributed by atoms with Gasteiger partial charge in [0.15, 0.2) is 0 Å². The summed E-state index contributed by atoms with van der Waals surface area (Å²) >= 11 is 0. The van der Waals surface area contributed by atoms with Crippen LogP contribution in [0.2, 0.25) is 0 Å². The Morgan fingerprint density at radius 1 is 1.12 bits per heavy atom. The fraction of sp³-hybridized carbons (Fsp3) is 0.909. The molecule has 2 rings (SSSR count). The fourth-order valence-electron chi connectivity index (χ4n) is 2.64. The molecule has 0 aromatic rings. The van der Waals surface area contributed by atoms with Gasteiger partial charge in [0.25, 0.3) is 0 Å². The summed E-state index contributed by atoms with van der Waals surface area (Å²) in [4.78, 5) is 11.0. The number of halogens is 3. The minimum Gasteiger partial charge on any atom is -0.354 e. The largest absolute Gasteiger partial charge is 0.391 e. The molecule has 3 nitrogen and oxygen atoms in total.